The zero-order valence-corrected chi connectivity index (χ0v) is 7.41. The van der Waals surface area contributed by atoms with E-state index < -0.39 is 4.92 Å². The molecule has 0 fully saturated rings. The Morgan fingerprint density at radius 3 is 2.77 bits per heavy atom. The highest BCUT2D eigenvalue weighted by Gasteiger charge is 2.08. The molecule has 0 aliphatic carbocycles. The van der Waals surface area contributed by atoms with E-state index in [9.17, 15) is 10.1 Å². The second-order valence-electron chi connectivity index (χ2n) is 2.38. The molecule has 0 atom stereocenters. The maximum Gasteiger partial charge on any atom is 0.269 e. The fourth-order valence-electron chi connectivity index (χ4n) is 0.945. The summed E-state index contributed by atoms with van der Waals surface area (Å²) in [5, 5.41) is 10.4. The molecule has 0 heterocycles. The van der Waals surface area contributed by atoms with Crippen LogP contribution in [0.4, 0.5) is 11.4 Å². The number of nitrogen functional groups attached to an aromatic ring is 1. The van der Waals surface area contributed by atoms with Crippen LogP contribution in [0.15, 0.2) is 18.2 Å². The summed E-state index contributed by atoms with van der Waals surface area (Å²) in [4.78, 5) is 9.90. The number of nitro groups is 1. The zero-order chi connectivity index (χ0) is 9.84. The van der Waals surface area contributed by atoms with Gasteiger partial charge in [0.1, 0.15) is 0 Å². The first-order valence-electron chi connectivity index (χ1n) is 3.49. The molecule has 0 radical (unpaired) electrons. The number of nitrogens with two attached hydrogens (primary N) is 1. The van der Waals surface area contributed by atoms with Crippen molar-refractivity contribution in [2.45, 2.75) is 5.88 Å². The highest BCUT2D eigenvalue weighted by Crippen LogP contribution is 2.22. The summed E-state index contributed by atoms with van der Waals surface area (Å²) in [5.74, 6) is 5.36. The quantitative estimate of drug-likeness (QED) is 0.337. The van der Waals surface area contributed by atoms with E-state index in [0.717, 1.165) is 0 Å². The number of hydrazine groups is 1. The second kappa shape index (κ2) is 4.06. The molecular weight excluding hydrogens is 194 g/mol. The normalized spacial score (nSPS) is 9.69. The van der Waals surface area contributed by atoms with Crippen molar-refractivity contribution in [2.24, 2.45) is 5.84 Å². The van der Waals surface area contributed by atoms with Gasteiger partial charge < -0.3 is 5.43 Å². The number of rotatable bonds is 3. The smallest absolute Gasteiger partial charge is 0.269 e. The van der Waals surface area contributed by atoms with Crippen LogP contribution >= 0.6 is 11.6 Å². The molecule has 0 bridgehead atoms. The third kappa shape index (κ3) is 2.07. The Morgan fingerprint density at radius 2 is 2.31 bits per heavy atom. The van der Waals surface area contributed by atoms with Crippen molar-refractivity contribution < 1.29 is 4.92 Å². The number of nitrogens with one attached hydrogen (secondary N) is 1. The summed E-state index contributed by atoms with van der Waals surface area (Å²) in [6.07, 6.45) is 0. The highest BCUT2D eigenvalue weighted by molar-refractivity contribution is 6.17. The van der Waals surface area contributed by atoms with Crippen molar-refractivity contribution in [1.29, 1.82) is 0 Å². The lowest BCUT2D eigenvalue weighted by Gasteiger charge is -2.04. The molecule has 0 aromatic heterocycles. The lowest BCUT2D eigenvalue weighted by molar-refractivity contribution is -0.384. The van der Waals surface area contributed by atoms with Gasteiger partial charge in [0, 0.05) is 18.0 Å². The third-order valence-electron chi connectivity index (χ3n) is 1.60. The maximum absolute atomic E-state index is 10.4. The van der Waals surface area contributed by atoms with Gasteiger partial charge in [0.25, 0.3) is 5.69 Å². The van der Waals surface area contributed by atoms with Gasteiger partial charge in [0.05, 0.1) is 10.6 Å². The Kier molecular flexibility index (Phi) is 3.05. The Labute approximate surface area is 79.6 Å². The molecule has 6 heteroatoms. The monoisotopic (exact) mass is 201 g/mol. The lowest BCUT2D eigenvalue weighted by Crippen LogP contribution is -2.08. The van der Waals surface area contributed by atoms with Crippen molar-refractivity contribution in [2.75, 3.05) is 5.43 Å². The topological polar surface area (TPSA) is 81.2 Å². The van der Waals surface area contributed by atoms with Crippen molar-refractivity contribution in [3.05, 3.63) is 33.9 Å². The number of nitro benzene ring substituents is 1. The minimum Gasteiger partial charge on any atom is -0.324 e. The van der Waals surface area contributed by atoms with E-state index in [2.05, 4.69) is 5.43 Å². The van der Waals surface area contributed by atoms with Crippen LogP contribution in [-0.4, -0.2) is 4.92 Å². The minimum absolute atomic E-state index is 0.00894. The summed E-state index contributed by atoms with van der Waals surface area (Å²) in [6, 6.07) is 4.28. The first-order valence-corrected chi connectivity index (χ1v) is 4.02. The molecule has 70 valence electrons. The molecular formula is C7H8ClN3O2. The summed E-state index contributed by atoms with van der Waals surface area (Å²) in [7, 11) is 0. The van der Waals surface area contributed by atoms with Gasteiger partial charge in [-0.05, 0) is 11.6 Å². The Hall–Kier alpha value is -1.33. The summed E-state index contributed by atoms with van der Waals surface area (Å²) in [5.41, 5.74) is 3.62. The van der Waals surface area contributed by atoms with E-state index in [1.54, 1.807) is 0 Å². The second-order valence-corrected chi connectivity index (χ2v) is 2.64. The molecule has 0 aliphatic heterocycles. The first-order chi connectivity index (χ1) is 6.19. The van der Waals surface area contributed by atoms with E-state index in [-0.39, 0.29) is 11.6 Å². The minimum atomic E-state index is -0.476. The number of halogens is 1. The molecule has 1 aromatic rings. The van der Waals surface area contributed by atoms with Crippen molar-refractivity contribution >= 4 is 23.0 Å². The van der Waals surface area contributed by atoms with Crippen LogP contribution in [0.25, 0.3) is 0 Å². The van der Waals surface area contributed by atoms with Gasteiger partial charge in [-0.3, -0.25) is 16.0 Å². The Morgan fingerprint density at radius 1 is 1.62 bits per heavy atom. The average molecular weight is 202 g/mol. The number of hydrogen-bond acceptors (Lipinski definition) is 4. The van der Waals surface area contributed by atoms with Crippen LogP contribution in [0.3, 0.4) is 0 Å². The number of benzene rings is 1. The molecule has 0 saturated heterocycles. The van der Waals surface area contributed by atoms with Crippen LogP contribution in [0.2, 0.25) is 0 Å². The predicted molar refractivity (Wildman–Crippen MR) is 50.5 cm³/mol. The van der Waals surface area contributed by atoms with Gasteiger partial charge in [0.2, 0.25) is 0 Å². The van der Waals surface area contributed by atoms with Gasteiger partial charge in [-0.15, -0.1) is 11.6 Å². The van der Waals surface area contributed by atoms with Gasteiger partial charge in [-0.25, -0.2) is 0 Å². The van der Waals surface area contributed by atoms with Crippen LogP contribution in [0, 0.1) is 10.1 Å². The lowest BCUT2D eigenvalue weighted by atomic mass is 10.2. The standard InChI is InChI=1S/C7H8ClN3O2/c8-4-5-3-6(11(12)13)1-2-7(5)10-9/h1-3,10H,4,9H2. The van der Waals surface area contributed by atoms with E-state index >= 15 is 0 Å². The van der Waals surface area contributed by atoms with Crippen molar-refractivity contribution in [1.82, 2.24) is 0 Å². The Balaban J connectivity index is 3.13. The predicted octanol–water partition coefficient (Wildman–Crippen LogP) is 1.62. The average Bonchev–Trinajstić information content (AvgIpc) is 2.16. The number of anilines is 1. The largest absolute Gasteiger partial charge is 0.324 e. The van der Waals surface area contributed by atoms with Gasteiger partial charge in [-0.2, -0.15) is 0 Å². The molecule has 0 unspecified atom stereocenters. The van der Waals surface area contributed by atoms with Crippen LogP contribution in [-0.2, 0) is 5.88 Å². The molecule has 1 aromatic carbocycles. The van der Waals surface area contributed by atoms with E-state index in [1.807, 2.05) is 0 Å². The molecule has 0 spiro atoms. The summed E-state index contributed by atoms with van der Waals surface area (Å²) >= 11 is 5.57. The maximum atomic E-state index is 10.4. The highest BCUT2D eigenvalue weighted by atomic mass is 35.5. The van der Waals surface area contributed by atoms with Crippen molar-refractivity contribution in [3.63, 3.8) is 0 Å². The first kappa shape index (κ1) is 9.76. The molecule has 13 heavy (non-hydrogen) atoms. The zero-order valence-electron chi connectivity index (χ0n) is 6.66. The molecule has 0 aliphatic rings. The molecule has 3 N–H and O–H groups in total. The van der Waals surface area contributed by atoms with Crippen LogP contribution in [0.1, 0.15) is 5.56 Å². The van der Waals surface area contributed by atoms with E-state index in [1.165, 1.54) is 18.2 Å². The van der Waals surface area contributed by atoms with E-state index in [4.69, 9.17) is 17.4 Å². The fraction of sp³-hybridized carbons (Fsp3) is 0.143. The molecule has 0 saturated carbocycles. The van der Waals surface area contributed by atoms with Gasteiger partial charge in [-0.1, -0.05) is 0 Å². The number of hydrogen-bond donors (Lipinski definition) is 2. The summed E-state index contributed by atoms with van der Waals surface area (Å²) < 4.78 is 0. The summed E-state index contributed by atoms with van der Waals surface area (Å²) in [6.45, 7) is 0. The van der Waals surface area contributed by atoms with Crippen molar-refractivity contribution in [3.8, 4) is 0 Å². The SMILES string of the molecule is NNc1ccc([N+](=O)[O-])cc1CCl. The van der Waals surface area contributed by atoms with Gasteiger partial charge >= 0.3 is 0 Å². The van der Waals surface area contributed by atoms with Gasteiger partial charge in [0.15, 0.2) is 0 Å². The Bertz CT molecular complexity index is 330. The van der Waals surface area contributed by atoms with E-state index in [0.29, 0.717) is 11.3 Å². The van der Waals surface area contributed by atoms with Crippen LogP contribution < -0.4 is 11.3 Å². The fourth-order valence-corrected chi connectivity index (χ4v) is 1.17. The molecule has 5 nitrogen and oxygen atoms in total. The van der Waals surface area contributed by atoms with Crippen LogP contribution in [0.5, 0.6) is 0 Å². The molecule has 1 rings (SSSR count). The molecule has 0 amide bonds. The third-order valence-corrected chi connectivity index (χ3v) is 1.89. The number of nitrogens with zero attached hydrogens (tertiary/aromatic N) is 1. The number of non-ortho nitro benzene ring substituents is 1. The number of alkyl halides is 1.